The van der Waals surface area contributed by atoms with Crippen molar-refractivity contribution in [1.29, 1.82) is 0 Å². The van der Waals surface area contributed by atoms with Gasteiger partial charge in [-0.3, -0.25) is 0 Å². The van der Waals surface area contributed by atoms with Crippen LogP contribution in [0.2, 0.25) is 0 Å². The zero-order valence-electron chi connectivity index (χ0n) is 9.57. The number of ether oxygens (including phenoxy) is 1. The molecule has 2 rings (SSSR count). The third-order valence-electron chi connectivity index (χ3n) is 2.92. The molecule has 0 bridgehead atoms. The number of hydrogen-bond donors (Lipinski definition) is 1. The van der Waals surface area contributed by atoms with Crippen LogP contribution in [0.5, 0.6) is 0 Å². The highest BCUT2D eigenvalue weighted by molar-refractivity contribution is 5.50. The Hall–Kier alpha value is -1.46. The van der Waals surface area contributed by atoms with E-state index in [1.54, 1.807) is 7.11 Å². The molecule has 1 unspecified atom stereocenters. The second-order valence-electron chi connectivity index (χ2n) is 4.27. The van der Waals surface area contributed by atoms with E-state index in [4.69, 9.17) is 11.2 Å². The van der Waals surface area contributed by atoms with E-state index >= 15 is 0 Å². The van der Waals surface area contributed by atoms with Crippen LogP contribution < -0.4 is 5.32 Å². The molecule has 0 spiro atoms. The fourth-order valence-electron chi connectivity index (χ4n) is 1.89. The van der Waals surface area contributed by atoms with E-state index in [2.05, 4.69) is 11.2 Å². The summed E-state index contributed by atoms with van der Waals surface area (Å²) in [5, 5.41) is 3.50. The molecule has 1 aromatic carbocycles. The van der Waals surface area contributed by atoms with Crippen molar-refractivity contribution in [3.05, 3.63) is 29.8 Å². The highest BCUT2D eigenvalue weighted by Gasteiger charge is 2.30. The fourth-order valence-corrected chi connectivity index (χ4v) is 1.89. The van der Waals surface area contributed by atoms with Crippen molar-refractivity contribution in [2.24, 2.45) is 5.92 Å². The van der Waals surface area contributed by atoms with Crippen LogP contribution in [0, 0.1) is 18.3 Å². The molecule has 0 saturated heterocycles. The van der Waals surface area contributed by atoms with E-state index in [-0.39, 0.29) is 0 Å². The van der Waals surface area contributed by atoms with E-state index in [9.17, 15) is 0 Å². The number of terminal acetylenes is 1. The number of anilines is 1. The van der Waals surface area contributed by atoms with E-state index in [1.165, 1.54) is 12.8 Å². The average Bonchev–Trinajstić information content (AvgIpc) is 3.13. The summed E-state index contributed by atoms with van der Waals surface area (Å²) in [4.78, 5) is 0. The summed E-state index contributed by atoms with van der Waals surface area (Å²) >= 11 is 0. The van der Waals surface area contributed by atoms with Crippen molar-refractivity contribution in [3.8, 4) is 12.3 Å². The zero-order valence-corrected chi connectivity index (χ0v) is 9.57. The normalized spacial score (nSPS) is 16.5. The molecule has 0 heterocycles. The lowest BCUT2D eigenvalue weighted by Crippen LogP contribution is -2.27. The Morgan fingerprint density at radius 2 is 2.38 bits per heavy atom. The predicted octanol–water partition coefficient (Wildman–Crippen LogP) is 2.50. The molecule has 1 N–H and O–H groups in total. The minimum Gasteiger partial charge on any atom is -0.383 e. The van der Waals surface area contributed by atoms with E-state index in [0.29, 0.717) is 6.04 Å². The Balaban J connectivity index is 2.03. The number of nitrogens with one attached hydrogen (secondary N) is 1. The first-order valence-corrected chi connectivity index (χ1v) is 5.65. The maximum atomic E-state index is 5.38. The lowest BCUT2D eigenvalue weighted by atomic mass is 10.1. The minimum atomic E-state index is 0.415. The lowest BCUT2D eigenvalue weighted by molar-refractivity contribution is 0.179. The standard InChI is InChI=1S/C14H17NO/c1-3-11-5-4-6-13(9-11)15-14(10-16-2)12-7-8-12/h1,4-6,9,12,14-15H,7-8,10H2,2H3. The molecule has 0 amide bonds. The van der Waals surface area contributed by atoms with Crippen LogP contribution >= 0.6 is 0 Å². The number of benzene rings is 1. The first-order valence-electron chi connectivity index (χ1n) is 5.65. The van der Waals surface area contributed by atoms with Gasteiger partial charge in [-0.15, -0.1) is 6.42 Å². The summed E-state index contributed by atoms with van der Waals surface area (Å²) in [5.41, 5.74) is 2.00. The number of rotatable bonds is 5. The molecule has 0 aromatic heterocycles. The third-order valence-corrected chi connectivity index (χ3v) is 2.92. The Labute approximate surface area is 97.0 Å². The van der Waals surface area contributed by atoms with Crippen LogP contribution in [0.3, 0.4) is 0 Å². The average molecular weight is 215 g/mol. The molecule has 16 heavy (non-hydrogen) atoms. The smallest absolute Gasteiger partial charge is 0.0666 e. The van der Waals surface area contributed by atoms with Gasteiger partial charge in [0.1, 0.15) is 0 Å². The van der Waals surface area contributed by atoms with Gasteiger partial charge >= 0.3 is 0 Å². The summed E-state index contributed by atoms with van der Waals surface area (Å²) in [6, 6.07) is 8.39. The minimum absolute atomic E-state index is 0.415. The van der Waals surface area contributed by atoms with Crippen LogP contribution in [0.4, 0.5) is 5.69 Å². The molecule has 1 saturated carbocycles. The van der Waals surface area contributed by atoms with Gasteiger partial charge in [0.05, 0.1) is 12.6 Å². The monoisotopic (exact) mass is 215 g/mol. The molecule has 1 atom stereocenters. The molecule has 1 fully saturated rings. The third kappa shape index (κ3) is 2.77. The van der Waals surface area contributed by atoms with Gasteiger partial charge in [0.15, 0.2) is 0 Å². The maximum absolute atomic E-state index is 5.38. The first kappa shape index (κ1) is 11.0. The fraction of sp³-hybridized carbons (Fsp3) is 0.429. The van der Waals surface area contributed by atoms with Crippen molar-refractivity contribution < 1.29 is 4.74 Å². The molecule has 0 radical (unpaired) electrons. The highest BCUT2D eigenvalue weighted by atomic mass is 16.5. The van der Waals surface area contributed by atoms with Gasteiger partial charge in [-0.2, -0.15) is 0 Å². The summed E-state index contributed by atoms with van der Waals surface area (Å²) in [5.74, 6) is 3.40. The van der Waals surface area contributed by atoms with Gasteiger partial charge in [0.2, 0.25) is 0 Å². The van der Waals surface area contributed by atoms with Crippen molar-refractivity contribution in [1.82, 2.24) is 0 Å². The van der Waals surface area contributed by atoms with Crippen LogP contribution in [0.25, 0.3) is 0 Å². The quantitative estimate of drug-likeness (QED) is 0.762. The van der Waals surface area contributed by atoms with Gasteiger partial charge in [0.25, 0.3) is 0 Å². The molecule has 1 aromatic rings. The Morgan fingerprint density at radius 3 is 3.00 bits per heavy atom. The predicted molar refractivity (Wildman–Crippen MR) is 66.4 cm³/mol. The summed E-state index contributed by atoms with van der Waals surface area (Å²) in [6.07, 6.45) is 7.98. The van der Waals surface area contributed by atoms with Crippen molar-refractivity contribution in [2.75, 3.05) is 19.0 Å². The lowest BCUT2D eigenvalue weighted by Gasteiger charge is -2.18. The van der Waals surface area contributed by atoms with E-state index in [1.807, 2.05) is 24.3 Å². The van der Waals surface area contributed by atoms with Crippen molar-refractivity contribution in [2.45, 2.75) is 18.9 Å². The highest BCUT2D eigenvalue weighted by Crippen LogP contribution is 2.34. The summed E-state index contributed by atoms with van der Waals surface area (Å²) in [6.45, 7) is 0.755. The molecular formula is C14H17NO. The van der Waals surface area contributed by atoms with Gasteiger partial charge in [-0.05, 0) is 37.0 Å². The van der Waals surface area contributed by atoms with E-state index < -0.39 is 0 Å². The Bertz CT molecular complexity index is 390. The molecule has 1 aliphatic carbocycles. The zero-order chi connectivity index (χ0) is 11.4. The Morgan fingerprint density at radius 1 is 1.56 bits per heavy atom. The maximum Gasteiger partial charge on any atom is 0.0666 e. The van der Waals surface area contributed by atoms with Gasteiger partial charge < -0.3 is 10.1 Å². The summed E-state index contributed by atoms with van der Waals surface area (Å²) in [7, 11) is 1.74. The second-order valence-corrected chi connectivity index (χ2v) is 4.27. The molecule has 2 nitrogen and oxygen atoms in total. The topological polar surface area (TPSA) is 21.3 Å². The molecule has 0 aliphatic heterocycles. The second kappa shape index (κ2) is 5.05. The first-order chi connectivity index (χ1) is 7.83. The van der Waals surface area contributed by atoms with Gasteiger partial charge in [-0.1, -0.05) is 12.0 Å². The molecule has 1 aliphatic rings. The number of hydrogen-bond acceptors (Lipinski definition) is 2. The van der Waals surface area contributed by atoms with E-state index in [0.717, 1.165) is 23.8 Å². The van der Waals surface area contributed by atoms with Crippen LogP contribution in [-0.2, 0) is 4.74 Å². The molecule has 2 heteroatoms. The van der Waals surface area contributed by atoms with Crippen molar-refractivity contribution in [3.63, 3.8) is 0 Å². The SMILES string of the molecule is C#Cc1cccc(NC(COC)C2CC2)c1. The van der Waals surface area contributed by atoms with Crippen LogP contribution in [-0.4, -0.2) is 19.8 Å². The Kier molecular flexibility index (Phi) is 3.48. The van der Waals surface area contributed by atoms with Gasteiger partial charge in [-0.25, -0.2) is 0 Å². The number of methoxy groups -OCH3 is 1. The molecule has 84 valence electrons. The molecular weight excluding hydrogens is 198 g/mol. The van der Waals surface area contributed by atoms with Crippen molar-refractivity contribution >= 4 is 5.69 Å². The van der Waals surface area contributed by atoms with Gasteiger partial charge in [0, 0.05) is 18.4 Å². The van der Waals surface area contributed by atoms with Crippen LogP contribution in [0.1, 0.15) is 18.4 Å². The largest absolute Gasteiger partial charge is 0.383 e. The summed E-state index contributed by atoms with van der Waals surface area (Å²) < 4.78 is 5.23. The van der Waals surface area contributed by atoms with Crippen LogP contribution in [0.15, 0.2) is 24.3 Å².